The summed E-state index contributed by atoms with van der Waals surface area (Å²) in [7, 11) is 2.67. The van der Waals surface area contributed by atoms with E-state index in [0.717, 1.165) is 0 Å². The van der Waals surface area contributed by atoms with Gasteiger partial charge < -0.3 is 30.2 Å². The summed E-state index contributed by atoms with van der Waals surface area (Å²) in [5, 5.41) is 14.7. The number of phenols is 1. The minimum Gasteiger partial charge on any atom is -0.504 e. The van der Waals surface area contributed by atoms with Crippen LogP contribution in [0.25, 0.3) is 6.08 Å². The Morgan fingerprint density at radius 1 is 1.30 bits per heavy atom. The van der Waals surface area contributed by atoms with Crippen LogP contribution in [-0.4, -0.2) is 59.7 Å². The second kappa shape index (κ2) is 11.2. The number of methoxy groups -OCH3 is 2. The van der Waals surface area contributed by atoms with Crippen LogP contribution in [0.15, 0.2) is 36.8 Å². The maximum absolute atomic E-state index is 12.1. The van der Waals surface area contributed by atoms with Gasteiger partial charge in [-0.2, -0.15) is 0 Å². The topological polar surface area (TPSA) is 143 Å². The van der Waals surface area contributed by atoms with Crippen LogP contribution in [0.3, 0.4) is 0 Å². The average molecular weight is 416 g/mol. The standard InChI is InChI=1S/C20H24N4O6/c1-29-17-9-13(3-5-16(17)25)4-6-18(26)22-8-7-19(27)24-15(20(28)30-2)10-14-11-21-12-23-14/h3-6,9,11-12,15,25H,7-8,10H2,1-2H3,(H,21,23)(H,22,26)(H,24,27)/b6-4+. The molecule has 10 heteroatoms. The zero-order valence-electron chi connectivity index (χ0n) is 16.7. The second-order valence-corrected chi connectivity index (χ2v) is 6.23. The van der Waals surface area contributed by atoms with Gasteiger partial charge in [0.1, 0.15) is 6.04 Å². The van der Waals surface area contributed by atoms with Gasteiger partial charge in [-0.05, 0) is 23.8 Å². The van der Waals surface area contributed by atoms with Crippen molar-refractivity contribution in [2.75, 3.05) is 20.8 Å². The van der Waals surface area contributed by atoms with Crippen LogP contribution >= 0.6 is 0 Å². The van der Waals surface area contributed by atoms with Gasteiger partial charge in [0.15, 0.2) is 11.5 Å². The molecule has 1 aromatic heterocycles. The number of H-pyrrole nitrogens is 1. The summed E-state index contributed by atoms with van der Waals surface area (Å²) in [6, 6.07) is 3.81. The van der Waals surface area contributed by atoms with Crippen LogP contribution in [0, 0.1) is 0 Å². The number of nitrogens with one attached hydrogen (secondary N) is 3. The normalized spacial score (nSPS) is 11.7. The molecular weight excluding hydrogens is 392 g/mol. The first-order valence-electron chi connectivity index (χ1n) is 9.10. The van der Waals surface area contributed by atoms with E-state index in [-0.39, 0.29) is 25.1 Å². The van der Waals surface area contributed by atoms with Gasteiger partial charge in [0.25, 0.3) is 0 Å². The number of nitrogens with zero attached hydrogens (tertiary/aromatic N) is 1. The summed E-state index contributed by atoms with van der Waals surface area (Å²) in [6.45, 7) is 0.0891. The number of carbonyl (C=O) groups is 3. The Bertz CT molecular complexity index is 895. The van der Waals surface area contributed by atoms with Gasteiger partial charge in [-0.15, -0.1) is 0 Å². The Morgan fingerprint density at radius 2 is 2.10 bits per heavy atom. The highest BCUT2D eigenvalue weighted by Crippen LogP contribution is 2.26. The van der Waals surface area contributed by atoms with Crippen molar-refractivity contribution in [3.05, 3.63) is 48.1 Å². The van der Waals surface area contributed by atoms with E-state index in [4.69, 9.17) is 9.47 Å². The van der Waals surface area contributed by atoms with Gasteiger partial charge in [-0.25, -0.2) is 9.78 Å². The number of aromatic hydroxyl groups is 1. The summed E-state index contributed by atoms with van der Waals surface area (Å²) in [6.07, 6.45) is 6.09. The summed E-state index contributed by atoms with van der Waals surface area (Å²) >= 11 is 0. The number of phenolic OH excluding ortho intramolecular Hbond substituents is 1. The number of imidazole rings is 1. The van der Waals surface area contributed by atoms with E-state index in [1.807, 2.05) is 0 Å². The molecule has 0 fully saturated rings. The third kappa shape index (κ3) is 6.97. The number of aromatic amines is 1. The first kappa shape index (κ1) is 22.5. The molecule has 0 aliphatic rings. The van der Waals surface area contributed by atoms with Gasteiger partial charge in [-0.1, -0.05) is 6.07 Å². The maximum atomic E-state index is 12.1. The minimum absolute atomic E-state index is 0.00269. The number of carbonyl (C=O) groups excluding carboxylic acids is 3. The number of rotatable bonds is 10. The molecule has 10 nitrogen and oxygen atoms in total. The summed E-state index contributed by atoms with van der Waals surface area (Å²) < 4.78 is 9.72. The van der Waals surface area contributed by atoms with Crippen LogP contribution < -0.4 is 15.4 Å². The van der Waals surface area contributed by atoms with Crippen molar-refractivity contribution in [1.82, 2.24) is 20.6 Å². The monoisotopic (exact) mass is 416 g/mol. The average Bonchev–Trinajstić information content (AvgIpc) is 3.25. The summed E-state index contributed by atoms with van der Waals surface area (Å²) in [5.74, 6) is -1.07. The lowest BCUT2D eigenvalue weighted by Crippen LogP contribution is -2.44. The van der Waals surface area contributed by atoms with Crippen LogP contribution in [0.1, 0.15) is 17.7 Å². The highest BCUT2D eigenvalue weighted by atomic mass is 16.5. The fourth-order valence-corrected chi connectivity index (χ4v) is 2.55. The highest BCUT2D eigenvalue weighted by Gasteiger charge is 2.22. The molecule has 30 heavy (non-hydrogen) atoms. The van der Waals surface area contributed by atoms with Gasteiger partial charge >= 0.3 is 5.97 Å². The number of ether oxygens (including phenoxy) is 2. The summed E-state index contributed by atoms with van der Waals surface area (Å²) in [5.41, 5.74) is 1.34. The van der Waals surface area contributed by atoms with E-state index in [1.54, 1.807) is 24.4 Å². The van der Waals surface area contributed by atoms with E-state index >= 15 is 0 Å². The molecule has 2 rings (SSSR count). The molecule has 4 N–H and O–H groups in total. The lowest BCUT2D eigenvalue weighted by Gasteiger charge is -2.15. The molecule has 0 saturated carbocycles. The Labute approximate surface area is 173 Å². The van der Waals surface area contributed by atoms with Crippen molar-refractivity contribution in [3.8, 4) is 11.5 Å². The Hall–Kier alpha value is -3.82. The van der Waals surface area contributed by atoms with Crippen molar-refractivity contribution in [2.45, 2.75) is 18.9 Å². The molecule has 1 aromatic carbocycles. The molecule has 1 unspecified atom stereocenters. The molecule has 0 spiro atoms. The quantitative estimate of drug-likeness (QED) is 0.327. The Morgan fingerprint density at radius 3 is 2.77 bits per heavy atom. The lowest BCUT2D eigenvalue weighted by molar-refractivity contribution is -0.145. The number of esters is 1. The zero-order chi connectivity index (χ0) is 21.9. The molecule has 0 aliphatic heterocycles. The zero-order valence-corrected chi connectivity index (χ0v) is 16.7. The third-order valence-corrected chi connectivity index (χ3v) is 4.08. The molecule has 160 valence electrons. The fraction of sp³-hybridized carbons (Fsp3) is 0.300. The van der Waals surface area contributed by atoms with Crippen molar-refractivity contribution in [3.63, 3.8) is 0 Å². The van der Waals surface area contributed by atoms with E-state index in [2.05, 4.69) is 20.6 Å². The van der Waals surface area contributed by atoms with Crippen LogP contribution in [0.5, 0.6) is 11.5 Å². The first-order chi connectivity index (χ1) is 14.4. The van der Waals surface area contributed by atoms with E-state index in [1.165, 1.54) is 32.7 Å². The van der Waals surface area contributed by atoms with Gasteiger partial charge in [-0.3, -0.25) is 9.59 Å². The third-order valence-electron chi connectivity index (χ3n) is 4.08. The van der Waals surface area contributed by atoms with E-state index in [9.17, 15) is 19.5 Å². The first-order valence-corrected chi connectivity index (χ1v) is 9.10. The lowest BCUT2D eigenvalue weighted by atomic mass is 10.1. The predicted octanol–water partition coefficient (Wildman–Crippen LogP) is 0.544. The molecule has 0 saturated heterocycles. The minimum atomic E-state index is -0.858. The van der Waals surface area contributed by atoms with E-state index in [0.29, 0.717) is 17.0 Å². The van der Waals surface area contributed by atoms with Crippen LogP contribution in [-0.2, 0) is 25.5 Å². The number of amides is 2. The fourth-order valence-electron chi connectivity index (χ4n) is 2.55. The number of hydrogen-bond acceptors (Lipinski definition) is 7. The SMILES string of the molecule is COC(=O)C(Cc1cnc[nH]1)NC(=O)CCNC(=O)/C=C/c1ccc(O)c(OC)c1. The molecule has 1 atom stereocenters. The van der Waals surface area contributed by atoms with Gasteiger partial charge in [0.2, 0.25) is 11.8 Å². The molecule has 0 aliphatic carbocycles. The van der Waals surface area contributed by atoms with E-state index < -0.39 is 23.8 Å². The Kier molecular flexibility index (Phi) is 8.42. The summed E-state index contributed by atoms with van der Waals surface area (Å²) in [4.78, 5) is 42.6. The van der Waals surface area contributed by atoms with Crippen molar-refractivity contribution in [2.24, 2.45) is 0 Å². The largest absolute Gasteiger partial charge is 0.504 e. The molecule has 2 aromatic rings. The predicted molar refractivity (Wildman–Crippen MR) is 108 cm³/mol. The molecule has 2 amide bonds. The van der Waals surface area contributed by atoms with Crippen LogP contribution in [0.2, 0.25) is 0 Å². The maximum Gasteiger partial charge on any atom is 0.328 e. The van der Waals surface area contributed by atoms with Gasteiger partial charge in [0, 0.05) is 37.4 Å². The van der Waals surface area contributed by atoms with Gasteiger partial charge in [0.05, 0.1) is 20.5 Å². The Balaban J connectivity index is 1.79. The second-order valence-electron chi connectivity index (χ2n) is 6.23. The van der Waals surface area contributed by atoms with Crippen molar-refractivity contribution >= 4 is 23.9 Å². The smallest absolute Gasteiger partial charge is 0.328 e. The number of aromatic nitrogens is 2. The molecular formula is C20H24N4O6. The number of hydrogen-bond donors (Lipinski definition) is 4. The highest BCUT2D eigenvalue weighted by molar-refractivity contribution is 5.92. The van der Waals surface area contributed by atoms with Crippen molar-refractivity contribution in [1.29, 1.82) is 0 Å². The molecule has 0 bridgehead atoms. The molecule has 1 heterocycles. The van der Waals surface area contributed by atoms with Crippen LogP contribution in [0.4, 0.5) is 0 Å². The molecule has 0 radical (unpaired) electrons. The number of benzene rings is 1. The van der Waals surface area contributed by atoms with Crippen molar-refractivity contribution < 1.29 is 29.0 Å².